The summed E-state index contributed by atoms with van der Waals surface area (Å²) in [5.41, 5.74) is 1.80. The third-order valence-electron chi connectivity index (χ3n) is 5.38. The van der Waals surface area contributed by atoms with Crippen molar-refractivity contribution in [1.29, 1.82) is 0 Å². The minimum absolute atomic E-state index is 0.0195. The lowest BCUT2D eigenvalue weighted by Crippen LogP contribution is -2.36. The summed E-state index contributed by atoms with van der Waals surface area (Å²) in [5, 5.41) is 11.8. The molecule has 6 nitrogen and oxygen atoms in total. The first-order valence-corrected chi connectivity index (χ1v) is 9.62. The Morgan fingerprint density at radius 3 is 2.80 bits per heavy atom. The first-order valence-electron chi connectivity index (χ1n) is 9.62. The van der Waals surface area contributed by atoms with Crippen LogP contribution in [0.4, 0.5) is 13.2 Å². The Morgan fingerprint density at radius 2 is 2.00 bits per heavy atom. The Balaban J connectivity index is 1.49. The Bertz CT molecular complexity index is 1060. The third kappa shape index (κ3) is 4.05. The molecule has 3 aromatic rings. The van der Waals surface area contributed by atoms with E-state index in [-0.39, 0.29) is 29.9 Å². The summed E-state index contributed by atoms with van der Waals surface area (Å²) in [7, 11) is 1.75. The van der Waals surface area contributed by atoms with Crippen LogP contribution in [0.25, 0.3) is 11.4 Å². The average Bonchev–Trinajstić information content (AvgIpc) is 3.21. The van der Waals surface area contributed by atoms with Gasteiger partial charge in [0.2, 0.25) is 11.7 Å². The Morgan fingerprint density at radius 1 is 1.20 bits per heavy atom. The van der Waals surface area contributed by atoms with E-state index in [1.54, 1.807) is 11.9 Å². The number of hydrogen-bond donors (Lipinski definition) is 0. The van der Waals surface area contributed by atoms with E-state index in [9.17, 15) is 18.0 Å². The molecule has 1 aliphatic rings. The van der Waals surface area contributed by atoms with E-state index >= 15 is 0 Å². The van der Waals surface area contributed by atoms with Crippen molar-refractivity contribution in [3.63, 3.8) is 0 Å². The van der Waals surface area contributed by atoms with Gasteiger partial charge in [-0.3, -0.25) is 4.79 Å². The fourth-order valence-corrected chi connectivity index (χ4v) is 3.80. The van der Waals surface area contributed by atoms with Crippen LogP contribution >= 0.6 is 0 Å². The number of carbonyl (C=O) groups excluding carboxylic acids is 1. The number of hydrogen-bond acceptors (Lipinski definition) is 4. The monoisotopic (exact) mass is 415 g/mol. The van der Waals surface area contributed by atoms with E-state index in [1.165, 1.54) is 17.7 Å². The van der Waals surface area contributed by atoms with Crippen molar-refractivity contribution in [2.75, 3.05) is 7.05 Å². The predicted molar refractivity (Wildman–Crippen MR) is 103 cm³/mol. The molecule has 0 saturated carbocycles. The normalized spacial score (nSPS) is 16.2. The maximum atomic E-state index is 12.9. The molecule has 9 heteroatoms. The van der Waals surface area contributed by atoms with Crippen LogP contribution < -0.4 is 0 Å². The van der Waals surface area contributed by atoms with Crippen LogP contribution in [0.5, 0.6) is 0 Å². The summed E-state index contributed by atoms with van der Waals surface area (Å²) in [6.07, 6.45) is -1.58. The fraction of sp³-hybridized carbons (Fsp3) is 0.333. The predicted octanol–water partition coefficient (Wildman–Crippen LogP) is 3.89. The molecule has 1 amide bonds. The summed E-state index contributed by atoms with van der Waals surface area (Å²) in [5.74, 6) is -0.149. The van der Waals surface area contributed by atoms with Gasteiger partial charge in [-0.1, -0.05) is 36.4 Å². The minimum atomic E-state index is -4.46. The molecule has 0 aliphatic heterocycles. The standard InChI is InChI=1S/C21H20F3N5O/c1-28(18-11-5-7-14-6-2-3-10-17(14)18)19(30)13-29-26-20(25-27-29)15-8-4-9-16(12-15)21(22,23)24/h2-4,6,8-10,12,18H,5,7,11,13H2,1H3. The largest absolute Gasteiger partial charge is 0.416 e. The second kappa shape index (κ2) is 7.89. The van der Waals surface area contributed by atoms with Crippen molar-refractivity contribution in [3.05, 3.63) is 65.2 Å². The zero-order valence-electron chi connectivity index (χ0n) is 16.3. The molecule has 0 saturated heterocycles. The highest BCUT2D eigenvalue weighted by molar-refractivity contribution is 5.76. The van der Waals surface area contributed by atoms with Gasteiger partial charge in [0.1, 0.15) is 6.54 Å². The topological polar surface area (TPSA) is 63.9 Å². The van der Waals surface area contributed by atoms with Crippen LogP contribution in [-0.4, -0.2) is 38.1 Å². The van der Waals surface area contributed by atoms with Crippen LogP contribution in [0.15, 0.2) is 48.5 Å². The average molecular weight is 415 g/mol. The highest BCUT2D eigenvalue weighted by Crippen LogP contribution is 2.34. The lowest BCUT2D eigenvalue weighted by atomic mass is 9.87. The summed E-state index contributed by atoms with van der Waals surface area (Å²) in [4.78, 5) is 15.6. The Labute approximate surface area is 171 Å². The van der Waals surface area contributed by atoms with Gasteiger partial charge in [0.15, 0.2) is 0 Å². The maximum absolute atomic E-state index is 12.9. The number of alkyl halides is 3. The molecule has 156 valence electrons. The molecule has 0 fully saturated rings. The van der Waals surface area contributed by atoms with E-state index in [2.05, 4.69) is 21.5 Å². The molecule has 1 aliphatic carbocycles. The van der Waals surface area contributed by atoms with Crippen molar-refractivity contribution in [2.24, 2.45) is 0 Å². The second-order valence-electron chi connectivity index (χ2n) is 7.33. The molecule has 0 bridgehead atoms. The van der Waals surface area contributed by atoms with Gasteiger partial charge in [0.25, 0.3) is 0 Å². The van der Waals surface area contributed by atoms with E-state index < -0.39 is 11.7 Å². The van der Waals surface area contributed by atoms with E-state index in [1.807, 2.05) is 18.2 Å². The van der Waals surface area contributed by atoms with E-state index in [0.717, 1.165) is 41.8 Å². The quantitative estimate of drug-likeness (QED) is 0.649. The molecule has 1 aromatic heterocycles. The smallest absolute Gasteiger partial charge is 0.337 e. The van der Waals surface area contributed by atoms with Crippen molar-refractivity contribution in [2.45, 2.75) is 38.0 Å². The van der Waals surface area contributed by atoms with Crippen LogP contribution in [-0.2, 0) is 23.9 Å². The van der Waals surface area contributed by atoms with Gasteiger partial charge in [-0.2, -0.15) is 18.0 Å². The molecular formula is C21H20F3N5O. The summed E-state index contributed by atoms with van der Waals surface area (Å²) in [6, 6.07) is 12.8. The van der Waals surface area contributed by atoms with Crippen LogP contribution in [0.3, 0.4) is 0 Å². The second-order valence-corrected chi connectivity index (χ2v) is 7.33. The number of halogens is 3. The molecule has 30 heavy (non-hydrogen) atoms. The van der Waals surface area contributed by atoms with Gasteiger partial charge in [0.05, 0.1) is 11.6 Å². The number of amides is 1. The number of nitrogens with zero attached hydrogens (tertiary/aromatic N) is 5. The molecule has 2 aromatic carbocycles. The number of likely N-dealkylation sites (N-methyl/N-ethyl adjacent to an activating group) is 1. The molecule has 1 heterocycles. The molecule has 1 unspecified atom stereocenters. The van der Waals surface area contributed by atoms with Crippen molar-refractivity contribution < 1.29 is 18.0 Å². The lowest BCUT2D eigenvalue weighted by molar-refractivity contribution is -0.137. The Hall–Kier alpha value is -3.23. The maximum Gasteiger partial charge on any atom is 0.416 e. The van der Waals surface area contributed by atoms with Gasteiger partial charge in [-0.25, -0.2) is 0 Å². The summed E-state index contributed by atoms with van der Waals surface area (Å²) in [6.45, 7) is -0.138. The first-order chi connectivity index (χ1) is 14.3. The van der Waals surface area contributed by atoms with Crippen molar-refractivity contribution in [3.8, 4) is 11.4 Å². The number of rotatable bonds is 4. The lowest BCUT2D eigenvalue weighted by Gasteiger charge is -2.33. The minimum Gasteiger partial charge on any atom is -0.337 e. The number of carbonyl (C=O) groups is 1. The van der Waals surface area contributed by atoms with Crippen LogP contribution in [0, 0.1) is 0 Å². The molecule has 0 spiro atoms. The van der Waals surface area contributed by atoms with Crippen LogP contribution in [0.2, 0.25) is 0 Å². The SMILES string of the molecule is CN(C(=O)Cn1nnc(-c2cccc(C(F)(F)F)c2)n1)C1CCCc2ccccc21. The van der Waals surface area contributed by atoms with Gasteiger partial charge in [-0.15, -0.1) is 10.2 Å². The zero-order valence-corrected chi connectivity index (χ0v) is 16.3. The van der Waals surface area contributed by atoms with E-state index in [0.29, 0.717) is 0 Å². The molecule has 0 N–H and O–H groups in total. The number of tetrazole rings is 1. The zero-order chi connectivity index (χ0) is 21.3. The molecular weight excluding hydrogens is 395 g/mol. The van der Waals surface area contributed by atoms with Crippen molar-refractivity contribution >= 4 is 5.91 Å². The van der Waals surface area contributed by atoms with Gasteiger partial charge >= 0.3 is 6.18 Å². The number of fused-ring (bicyclic) bond motifs is 1. The molecule has 1 atom stereocenters. The first kappa shape index (κ1) is 20.1. The van der Waals surface area contributed by atoms with Crippen molar-refractivity contribution in [1.82, 2.24) is 25.1 Å². The fourth-order valence-electron chi connectivity index (χ4n) is 3.80. The number of benzene rings is 2. The number of aryl methyl sites for hydroxylation is 1. The van der Waals surface area contributed by atoms with Gasteiger partial charge in [0, 0.05) is 12.6 Å². The van der Waals surface area contributed by atoms with E-state index in [4.69, 9.17) is 0 Å². The van der Waals surface area contributed by atoms with Gasteiger partial charge in [-0.05, 0) is 47.7 Å². The molecule has 0 radical (unpaired) electrons. The molecule has 4 rings (SSSR count). The number of aromatic nitrogens is 4. The highest BCUT2D eigenvalue weighted by atomic mass is 19.4. The van der Waals surface area contributed by atoms with Gasteiger partial charge < -0.3 is 4.90 Å². The Kier molecular flexibility index (Phi) is 5.27. The summed E-state index contributed by atoms with van der Waals surface area (Å²) >= 11 is 0. The summed E-state index contributed by atoms with van der Waals surface area (Å²) < 4.78 is 38.8. The highest BCUT2D eigenvalue weighted by Gasteiger charge is 2.31. The van der Waals surface area contributed by atoms with Crippen LogP contribution in [0.1, 0.15) is 35.6 Å². The third-order valence-corrected chi connectivity index (χ3v) is 5.38.